The first-order valence-corrected chi connectivity index (χ1v) is 9.77. The molecule has 0 aromatic heterocycles. The average molecular weight is 481 g/mol. The normalized spacial score (nSPS) is 20.9. The van der Waals surface area contributed by atoms with Crippen LogP contribution >= 0.6 is 24.0 Å². The fourth-order valence-corrected chi connectivity index (χ4v) is 3.65. The maximum Gasteiger partial charge on any atom is 0.231 e. The Hall–Kier alpha value is -0.610. The molecule has 0 spiro atoms. The first-order valence-electron chi connectivity index (χ1n) is 9.77. The van der Waals surface area contributed by atoms with E-state index in [1.54, 1.807) is 7.05 Å². The van der Waals surface area contributed by atoms with Gasteiger partial charge in [-0.25, -0.2) is 0 Å². The number of nitrogens with one attached hydrogen (secondary N) is 2. The number of aliphatic imine (C=N–C) groups is 1. The number of nitrogens with two attached hydrogens (primary N) is 1. The third kappa shape index (κ3) is 9.36. The Morgan fingerprint density at radius 2 is 1.81 bits per heavy atom. The standard InChI is InChI=1S/C18H35N5O2.HI/c1-20-18(21-10-13-25-16-6-4-2-3-5-7-16)22-15-8-11-23(12-9-15)14-17(19)24;/h15-16H,2-14H2,1H3,(H2,19,24)(H2,20,21,22);1H. The van der Waals surface area contributed by atoms with Gasteiger partial charge in [0.15, 0.2) is 5.96 Å². The highest BCUT2D eigenvalue weighted by Gasteiger charge is 2.20. The number of piperidine rings is 1. The molecule has 0 radical (unpaired) electrons. The van der Waals surface area contributed by atoms with Gasteiger partial charge < -0.3 is 21.1 Å². The van der Waals surface area contributed by atoms with E-state index in [0.717, 1.165) is 45.0 Å². The number of guanidine groups is 1. The summed E-state index contributed by atoms with van der Waals surface area (Å²) >= 11 is 0. The molecule has 0 aromatic carbocycles. The average Bonchev–Trinajstić information content (AvgIpc) is 2.87. The van der Waals surface area contributed by atoms with Gasteiger partial charge in [0.25, 0.3) is 0 Å². The molecular formula is C18H36IN5O2. The van der Waals surface area contributed by atoms with Crippen molar-refractivity contribution in [1.82, 2.24) is 15.5 Å². The molecule has 2 fully saturated rings. The van der Waals surface area contributed by atoms with E-state index in [2.05, 4.69) is 20.5 Å². The summed E-state index contributed by atoms with van der Waals surface area (Å²) in [6, 6.07) is 0.387. The first-order chi connectivity index (χ1) is 12.2. The molecule has 1 saturated carbocycles. The number of rotatable bonds is 7. The second-order valence-corrected chi connectivity index (χ2v) is 7.14. The number of ether oxygens (including phenoxy) is 1. The van der Waals surface area contributed by atoms with Gasteiger partial charge in [-0.2, -0.15) is 0 Å². The molecule has 1 heterocycles. The van der Waals surface area contributed by atoms with Crippen molar-refractivity contribution in [2.45, 2.75) is 63.5 Å². The molecule has 0 unspecified atom stereocenters. The van der Waals surface area contributed by atoms with E-state index < -0.39 is 0 Å². The van der Waals surface area contributed by atoms with E-state index in [1.807, 2.05) is 0 Å². The van der Waals surface area contributed by atoms with Crippen LogP contribution in [0.25, 0.3) is 0 Å². The number of amides is 1. The molecule has 2 rings (SSSR count). The summed E-state index contributed by atoms with van der Waals surface area (Å²) in [7, 11) is 1.80. The summed E-state index contributed by atoms with van der Waals surface area (Å²) in [4.78, 5) is 17.4. The largest absolute Gasteiger partial charge is 0.376 e. The highest BCUT2D eigenvalue weighted by molar-refractivity contribution is 14.0. The monoisotopic (exact) mass is 481 g/mol. The third-order valence-electron chi connectivity index (χ3n) is 5.08. The van der Waals surface area contributed by atoms with Gasteiger partial charge in [-0.05, 0) is 25.7 Å². The van der Waals surface area contributed by atoms with Crippen LogP contribution in [0.4, 0.5) is 0 Å². The second-order valence-electron chi connectivity index (χ2n) is 7.14. The van der Waals surface area contributed by atoms with Crippen LogP contribution in [0, 0.1) is 0 Å². The van der Waals surface area contributed by atoms with Crippen molar-refractivity contribution in [3.8, 4) is 0 Å². The van der Waals surface area contributed by atoms with Gasteiger partial charge >= 0.3 is 0 Å². The van der Waals surface area contributed by atoms with Gasteiger partial charge in [0.1, 0.15) is 0 Å². The number of halogens is 1. The summed E-state index contributed by atoms with van der Waals surface area (Å²) in [6.07, 6.45) is 10.1. The molecule has 0 atom stereocenters. The lowest BCUT2D eigenvalue weighted by Gasteiger charge is -2.32. The van der Waals surface area contributed by atoms with Crippen molar-refractivity contribution < 1.29 is 9.53 Å². The SMILES string of the molecule is CN=C(NCCOC1CCCCCC1)NC1CCN(CC(N)=O)CC1.I. The quantitative estimate of drug-likeness (QED) is 0.168. The number of primary amides is 1. The predicted octanol–water partition coefficient (Wildman–Crippen LogP) is 1.46. The van der Waals surface area contributed by atoms with Crippen molar-refractivity contribution in [2.24, 2.45) is 10.7 Å². The summed E-state index contributed by atoms with van der Waals surface area (Å²) < 4.78 is 6.00. The maximum absolute atomic E-state index is 11.0. The lowest BCUT2D eigenvalue weighted by Crippen LogP contribution is -2.50. The molecule has 152 valence electrons. The van der Waals surface area contributed by atoms with Crippen LogP contribution in [-0.4, -0.2) is 68.7 Å². The van der Waals surface area contributed by atoms with Crippen LogP contribution in [-0.2, 0) is 9.53 Å². The summed E-state index contributed by atoms with van der Waals surface area (Å²) in [5.41, 5.74) is 5.25. The van der Waals surface area contributed by atoms with Crippen LogP contribution in [0.15, 0.2) is 4.99 Å². The Balaban J connectivity index is 0.00000338. The van der Waals surface area contributed by atoms with Gasteiger partial charge in [0.2, 0.25) is 5.91 Å². The molecule has 1 aliphatic heterocycles. The summed E-state index contributed by atoms with van der Waals surface area (Å²) in [6.45, 7) is 3.64. The van der Waals surface area contributed by atoms with E-state index in [-0.39, 0.29) is 29.9 Å². The number of carbonyl (C=O) groups is 1. The molecule has 1 saturated heterocycles. The molecule has 1 amide bonds. The Labute approximate surface area is 174 Å². The van der Waals surface area contributed by atoms with Crippen LogP contribution < -0.4 is 16.4 Å². The zero-order valence-electron chi connectivity index (χ0n) is 16.0. The Morgan fingerprint density at radius 3 is 2.38 bits per heavy atom. The van der Waals surface area contributed by atoms with Crippen LogP contribution in [0.2, 0.25) is 0 Å². The van der Waals surface area contributed by atoms with Gasteiger partial charge in [-0.3, -0.25) is 14.7 Å². The van der Waals surface area contributed by atoms with Gasteiger partial charge in [-0.1, -0.05) is 25.7 Å². The molecule has 1 aliphatic carbocycles. The zero-order valence-corrected chi connectivity index (χ0v) is 18.4. The third-order valence-corrected chi connectivity index (χ3v) is 5.08. The fourth-order valence-electron chi connectivity index (χ4n) is 3.65. The molecule has 0 bridgehead atoms. The van der Waals surface area contributed by atoms with Crippen molar-refractivity contribution >= 4 is 35.8 Å². The van der Waals surface area contributed by atoms with Crippen LogP contribution in [0.5, 0.6) is 0 Å². The molecule has 8 heteroatoms. The highest BCUT2D eigenvalue weighted by atomic mass is 127. The fraction of sp³-hybridized carbons (Fsp3) is 0.889. The lowest BCUT2D eigenvalue weighted by atomic mass is 10.1. The molecule has 2 aliphatic rings. The van der Waals surface area contributed by atoms with Crippen molar-refractivity contribution in [1.29, 1.82) is 0 Å². The predicted molar refractivity (Wildman–Crippen MR) is 116 cm³/mol. The molecule has 7 nitrogen and oxygen atoms in total. The number of carbonyl (C=O) groups excluding carboxylic acids is 1. The molecule has 26 heavy (non-hydrogen) atoms. The van der Waals surface area contributed by atoms with Crippen LogP contribution in [0.3, 0.4) is 0 Å². The zero-order chi connectivity index (χ0) is 17.9. The molecule has 0 aromatic rings. The van der Waals surface area contributed by atoms with E-state index >= 15 is 0 Å². The number of hydrogen-bond acceptors (Lipinski definition) is 4. The minimum Gasteiger partial charge on any atom is -0.376 e. The Kier molecular flexibility index (Phi) is 12.2. The van der Waals surface area contributed by atoms with E-state index in [9.17, 15) is 4.79 Å². The second kappa shape index (κ2) is 13.5. The van der Waals surface area contributed by atoms with E-state index in [0.29, 0.717) is 18.7 Å². The summed E-state index contributed by atoms with van der Waals surface area (Å²) in [5.74, 6) is 0.579. The van der Waals surface area contributed by atoms with E-state index in [1.165, 1.54) is 38.5 Å². The van der Waals surface area contributed by atoms with Gasteiger partial charge in [0, 0.05) is 32.7 Å². The van der Waals surface area contributed by atoms with Crippen molar-refractivity contribution in [3.63, 3.8) is 0 Å². The number of nitrogens with zero attached hydrogens (tertiary/aromatic N) is 2. The number of likely N-dealkylation sites (tertiary alicyclic amines) is 1. The summed E-state index contributed by atoms with van der Waals surface area (Å²) in [5, 5.41) is 6.81. The van der Waals surface area contributed by atoms with Gasteiger partial charge in [0.05, 0.1) is 19.3 Å². The minimum atomic E-state index is -0.252. The lowest BCUT2D eigenvalue weighted by molar-refractivity contribution is -0.119. The van der Waals surface area contributed by atoms with E-state index in [4.69, 9.17) is 10.5 Å². The molecule has 4 N–H and O–H groups in total. The van der Waals surface area contributed by atoms with Crippen molar-refractivity contribution in [3.05, 3.63) is 0 Å². The molecular weight excluding hydrogens is 445 g/mol. The van der Waals surface area contributed by atoms with Crippen molar-refractivity contribution in [2.75, 3.05) is 39.8 Å². The maximum atomic E-state index is 11.0. The minimum absolute atomic E-state index is 0. The Bertz CT molecular complexity index is 420. The smallest absolute Gasteiger partial charge is 0.231 e. The van der Waals surface area contributed by atoms with Gasteiger partial charge in [-0.15, -0.1) is 24.0 Å². The highest BCUT2D eigenvalue weighted by Crippen LogP contribution is 2.19. The first kappa shape index (κ1) is 23.4. The number of hydrogen-bond donors (Lipinski definition) is 3. The van der Waals surface area contributed by atoms with Crippen LogP contribution in [0.1, 0.15) is 51.4 Å². The Morgan fingerprint density at radius 1 is 1.15 bits per heavy atom. The topological polar surface area (TPSA) is 92.0 Å².